The molecule has 0 bridgehead atoms. The highest BCUT2D eigenvalue weighted by molar-refractivity contribution is 5.96. The summed E-state index contributed by atoms with van der Waals surface area (Å²) in [4.78, 5) is 29.2. The van der Waals surface area contributed by atoms with E-state index in [2.05, 4.69) is 0 Å². The molecule has 0 radical (unpaired) electrons. The van der Waals surface area contributed by atoms with Gasteiger partial charge in [0.25, 0.3) is 11.8 Å². The molecule has 0 N–H and O–H groups in total. The lowest BCUT2D eigenvalue weighted by Crippen LogP contribution is -2.50. The van der Waals surface area contributed by atoms with Crippen LogP contribution >= 0.6 is 0 Å². The van der Waals surface area contributed by atoms with E-state index in [9.17, 15) is 9.59 Å². The molecule has 1 aromatic heterocycles. The van der Waals surface area contributed by atoms with Crippen LogP contribution < -0.4 is 0 Å². The number of nitrogens with zero attached hydrogens (tertiary/aromatic N) is 3. The zero-order valence-corrected chi connectivity index (χ0v) is 15.9. The molecule has 0 atom stereocenters. The monoisotopic (exact) mass is 373 g/mol. The van der Waals surface area contributed by atoms with Crippen LogP contribution in [0.3, 0.4) is 0 Å². The van der Waals surface area contributed by atoms with Gasteiger partial charge in [0.2, 0.25) is 0 Å². The molecule has 0 aliphatic carbocycles. The van der Waals surface area contributed by atoms with Crippen molar-refractivity contribution >= 4 is 11.8 Å². The maximum absolute atomic E-state index is 12.8. The molecule has 1 fully saturated rings. The third-order valence-corrected chi connectivity index (χ3v) is 5.25. The number of hydrogen-bond donors (Lipinski definition) is 0. The third kappa shape index (κ3) is 3.56. The molecule has 4 rings (SSSR count). The molecule has 5 nitrogen and oxygen atoms in total. The Kier molecular flexibility index (Phi) is 4.98. The molecule has 1 aliphatic heterocycles. The Morgan fingerprint density at radius 3 is 1.89 bits per heavy atom. The van der Waals surface area contributed by atoms with Gasteiger partial charge in [-0.15, -0.1) is 0 Å². The lowest BCUT2D eigenvalue weighted by molar-refractivity contribution is 0.0535. The first-order valence-corrected chi connectivity index (χ1v) is 9.51. The second-order valence-electron chi connectivity index (χ2n) is 7.04. The number of rotatable bonds is 3. The average molecular weight is 373 g/mol. The summed E-state index contributed by atoms with van der Waals surface area (Å²) in [6.07, 6.45) is 3.95. The Morgan fingerprint density at radius 2 is 1.29 bits per heavy atom. The van der Waals surface area contributed by atoms with Crippen LogP contribution in [0.4, 0.5) is 0 Å². The first-order valence-electron chi connectivity index (χ1n) is 9.51. The highest BCUT2D eigenvalue weighted by Crippen LogP contribution is 2.16. The lowest BCUT2D eigenvalue weighted by Gasteiger charge is -2.35. The van der Waals surface area contributed by atoms with Crippen molar-refractivity contribution in [2.75, 3.05) is 26.2 Å². The van der Waals surface area contributed by atoms with E-state index in [0.29, 0.717) is 31.7 Å². The Balaban J connectivity index is 1.39. The van der Waals surface area contributed by atoms with E-state index in [-0.39, 0.29) is 11.8 Å². The van der Waals surface area contributed by atoms with Gasteiger partial charge in [-0.05, 0) is 55.0 Å². The Hall–Kier alpha value is -3.34. The summed E-state index contributed by atoms with van der Waals surface area (Å²) in [5.74, 6) is 0.0586. The molecule has 142 valence electrons. The highest BCUT2D eigenvalue weighted by atomic mass is 16.2. The quantitative estimate of drug-likeness (QED) is 0.707. The van der Waals surface area contributed by atoms with Gasteiger partial charge in [-0.1, -0.05) is 18.2 Å². The molecule has 28 heavy (non-hydrogen) atoms. The van der Waals surface area contributed by atoms with Gasteiger partial charge in [0.05, 0.1) is 0 Å². The van der Waals surface area contributed by atoms with Crippen molar-refractivity contribution in [1.82, 2.24) is 14.4 Å². The minimum Gasteiger partial charge on any atom is -0.335 e. The van der Waals surface area contributed by atoms with Gasteiger partial charge in [0, 0.05) is 55.4 Å². The van der Waals surface area contributed by atoms with Gasteiger partial charge in [0.1, 0.15) is 0 Å². The van der Waals surface area contributed by atoms with Crippen LogP contribution in [-0.4, -0.2) is 52.4 Å². The van der Waals surface area contributed by atoms with Crippen molar-refractivity contribution < 1.29 is 9.59 Å². The van der Waals surface area contributed by atoms with Gasteiger partial charge < -0.3 is 14.4 Å². The molecule has 2 aromatic carbocycles. The molecule has 2 amide bonds. The average Bonchev–Trinajstić information content (AvgIpc) is 3.28. The predicted octanol–water partition coefficient (Wildman–Crippen LogP) is 3.38. The van der Waals surface area contributed by atoms with E-state index < -0.39 is 0 Å². The maximum atomic E-state index is 12.8. The number of aromatic nitrogens is 1. The number of piperazine rings is 1. The van der Waals surface area contributed by atoms with Crippen LogP contribution in [0.25, 0.3) is 5.69 Å². The highest BCUT2D eigenvalue weighted by Gasteiger charge is 2.26. The van der Waals surface area contributed by atoms with E-state index in [1.165, 1.54) is 0 Å². The van der Waals surface area contributed by atoms with Crippen molar-refractivity contribution in [3.63, 3.8) is 0 Å². The molecule has 0 saturated carbocycles. The largest absolute Gasteiger partial charge is 0.335 e. The number of carbonyl (C=O) groups is 2. The molecular formula is C23H23N3O2. The van der Waals surface area contributed by atoms with Gasteiger partial charge in [-0.2, -0.15) is 0 Å². The Bertz CT molecular complexity index is 969. The predicted molar refractivity (Wildman–Crippen MR) is 109 cm³/mol. The minimum absolute atomic E-state index is 0.0158. The normalized spacial score (nSPS) is 14.2. The van der Waals surface area contributed by atoms with Crippen molar-refractivity contribution in [2.24, 2.45) is 0 Å². The lowest BCUT2D eigenvalue weighted by atomic mass is 10.1. The summed E-state index contributed by atoms with van der Waals surface area (Å²) in [7, 11) is 0. The molecule has 3 aromatic rings. The SMILES string of the molecule is Cc1ccccc1C(=O)N1CCN(C(=O)c2ccc(-n3cccc3)cc2)CC1. The van der Waals surface area contributed by atoms with Gasteiger partial charge in [-0.3, -0.25) is 9.59 Å². The number of hydrogen-bond acceptors (Lipinski definition) is 2. The van der Waals surface area contributed by atoms with Gasteiger partial charge in [0.15, 0.2) is 0 Å². The van der Waals surface area contributed by atoms with E-state index in [1.807, 2.05) is 94.3 Å². The minimum atomic E-state index is 0.0158. The molecule has 0 unspecified atom stereocenters. The number of aryl methyl sites for hydroxylation is 1. The summed E-state index contributed by atoms with van der Waals surface area (Å²) < 4.78 is 2.00. The van der Waals surface area contributed by atoms with E-state index in [1.54, 1.807) is 0 Å². The van der Waals surface area contributed by atoms with Crippen molar-refractivity contribution in [3.05, 3.63) is 89.7 Å². The Morgan fingerprint density at radius 1 is 0.714 bits per heavy atom. The van der Waals surface area contributed by atoms with Crippen LogP contribution in [0.15, 0.2) is 73.1 Å². The first kappa shape index (κ1) is 18.0. The van der Waals surface area contributed by atoms with E-state index in [0.717, 1.165) is 16.8 Å². The van der Waals surface area contributed by atoms with Crippen LogP contribution in [0, 0.1) is 6.92 Å². The molecule has 1 aliphatic rings. The van der Waals surface area contributed by atoms with Crippen LogP contribution in [0.2, 0.25) is 0 Å². The van der Waals surface area contributed by atoms with Crippen molar-refractivity contribution in [2.45, 2.75) is 6.92 Å². The van der Waals surface area contributed by atoms with Crippen molar-refractivity contribution in [3.8, 4) is 5.69 Å². The Labute approximate surface area is 164 Å². The fraction of sp³-hybridized carbons (Fsp3) is 0.217. The smallest absolute Gasteiger partial charge is 0.254 e. The molecular weight excluding hydrogens is 350 g/mol. The van der Waals surface area contributed by atoms with Crippen LogP contribution in [0.1, 0.15) is 26.3 Å². The first-order chi connectivity index (χ1) is 13.6. The summed E-state index contributed by atoms with van der Waals surface area (Å²) >= 11 is 0. The van der Waals surface area contributed by atoms with Crippen LogP contribution in [-0.2, 0) is 0 Å². The van der Waals surface area contributed by atoms with Crippen LogP contribution in [0.5, 0.6) is 0 Å². The second-order valence-corrected chi connectivity index (χ2v) is 7.04. The maximum Gasteiger partial charge on any atom is 0.254 e. The third-order valence-electron chi connectivity index (χ3n) is 5.25. The number of amides is 2. The second kappa shape index (κ2) is 7.72. The fourth-order valence-electron chi connectivity index (χ4n) is 3.56. The molecule has 1 saturated heterocycles. The van der Waals surface area contributed by atoms with E-state index in [4.69, 9.17) is 0 Å². The van der Waals surface area contributed by atoms with Gasteiger partial charge in [-0.25, -0.2) is 0 Å². The van der Waals surface area contributed by atoms with Crippen molar-refractivity contribution in [1.29, 1.82) is 0 Å². The molecule has 2 heterocycles. The number of benzene rings is 2. The summed E-state index contributed by atoms with van der Waals surface area (Å²) in [5, 5.41) is 0. The summed E-state index contributed by atoms with van der Waals surface area (Å²) in [5.41, 5.74) is 3.42. The zero-order chi connectivity index (χ0) is 19.5. The standard InChI is InChI=1S/C23H23N3O2/c1-18-6-2-3-7-21(18)23(28)26-16-14-25(15-17-26)22(27)19-8-10-20(11-9-19)24-12-4-5-13-24/h2-13H,14-17H2,1H3. The summed E-state index contributed by atoms with van der Waals surface area (Å²) in [6, 6.07) is 19.2. The van der Waals surface area contributed by atoms with Gasteiger partial charge >= 0.3 is 0 Å². The molecule has 0 spiro atoms. The zero-order valence-electron chi connectivity index (χ0n) is 15.9. The summed E-state index contributed by atoms with van der Waals surface area (Å²) in [6.45, 7) is 4.16. The fourth-order valence-corrected chi connectivity index (χ4v) is 3.56. The number of carbonyl (C=O) groups excluding carboxylic acids is 2. The molecule has 5 heteroatoms. The van der Waals surface area contributed by atoms with E-state index >= 15 is 0 Å². The topological polar surface area (TPSA) is 45.6 Å².